The molecule has 0 saturated heterocycles. The zero-order chi connectivity index (χ0) is 12.4. The Morgan fingerprint density at radius 1 is 1.12 bits per heavy atom. The molecule has 0 atom stereocenters. The Morgan fingerprint density at radius 2 is 1.76 bits per heavy atom. The van der Waals surface area contributed by atoms with Gasteiger partial charge in [0.2, 0.25) is 0 Å². The van der Waals surface area contributed by atoms with Crippen LogP contribution in [-0.2, 0) is 0 Å². The first kappa shape index (κ1) is 11.7. The number of hydrogen-bond donors (Lipinski definition) is 1. The first-order chi connectivity index (χ1) is 8.09. The van der Waals surface area contributed by atoms with Crippen molar-refractivity contribution in [2.24, 2.45) is 0 Å². The van der Waals surface area contributed by atoms with Crippen LogP contribution in [-0.4, -0.2) is 7.05 Å². The van der Waals surface area contributed by atoms with E-state index in [0.717, 1.165) is 11.4 Å². The predicted octanol–water partition coefficient (Wildman–Crippen LogP) is 3.83. The predicted molar refractivity (Wildman–Crippen MR) is 70.3 cm³/mol. The summed E-state index contributed by atoms with van der Waals surface area (Å²) >= 11 is 6.11. The van der Waals surface area contributed by atoms with Crippen LogP contribution >= 0.6 is 11.6 Å². The highest BCUT2D eigenvalue weighted by molar-refractivity contribution is 6.34. The molecule has 0 radical (unpaired) electrons. The van der Waals surface area contributed by atoms with Crippen molar-refractivity contribution in [1.29, 1.82) is 0 Å². The molecule has 0 aliphatic heterocycles. The van der Waals surface area contributed by atoms with Crippen LogP contribution in [0.3, 0.4) is 0 Å². The van der Waals surface area contributed by atoms with Gasteiger partial charge < -0.3 is 10.6 Å². The van der Waals surface area contributed by atoms with Crippen molar-refractivity contribution >= 4 is 28.7 Å². The number of halogens is 2. The van der Waals surface area contributed by atoms with Crippen molar-refractivity contribution in [3.8, 4) is 0 Å². The molecule has 88 valence electrons. The smallest absolute Gasteiger partial charge is 0.123 e. The van der Waals surface area contributed by atoms with E-state index in [1.54, 1.807) is 30.3 Å². The zero-order valence-corrected chi connectivity index (χ0v) is 10.1. The van der Waals surface area contributed by atoms with Crippen LogP contribution in [0.2, 0.25) is 5.02 Å². The van der Waals surface area contributed by atoms with Gasteiger partial charge in [0.05, 0.1) is 16.4 Å². The third kappa shape index (κ3) is 2.34. The van der Waals surface area contributed by atoms with Gasteiger partial charge in [0.1, 0.15) is 5.82 Å². The lowest BCUT2D eigenvalue weighted by molar-refractivity contribution is 0.628. The molecule has 0 amide bonds. The Kier molecular flexibility index (Phi) is 3.20. The van der Waals surface area contributed by atoms with E-state index < -0.39 is 0 Å². The summed E-state index contributed by atoms with van der Waals surface area (Å²) in [5, 5.41) is 0.567. The summed E-state index contributed by atoms with van der Waals surface area (Å²) in [5.74, 6) is -0.269. The topological polar surface area (TPSA) is 29.3 Å². The second kappa shape index (κ2) is 4.63. The van der Waals surface area contributed by atoms with Crippen molar-refractivity contribution in [3.05, 3.63) is 53.3 Å². The summed E-state index contributed by atoms with van der Waals surface area (Å²) < 4.78 is 12.8. The average Bonchev–Trinajstić information content (AvgIpc) is 2.29. The van der Waals surface area contributed by atoms with Crippen molar-refractivity contribution in [2.45, 2.75) is 0 Å². The fraction of sp³-hybridized carbons (Fsp3) is 0.0769. The van der Waals surface area contributed by atoms with Gasteiger partial charge in [0.25, 0.3) is 0 Å². The van der Waals surface area contributed by atoms with Gasteiger partial charge in [-0.1, -0.05) is 17.7 Å². The van der Waals surface area contributed by atoms with Gasteiger partial charge in [-0.05, 0) is 36.4 Å². The van der Waals surface area contributed by atoms with Crippen molar-refractivity contribution in [1.82, 2.24) is 0 Å². The molecule has 17 heavy (non-hydrogen) atoms. The molecule has 2 aromatic carbocycles. The summed E-state index contributed by atoms with van der Waals surface area (Å²) in [6.45, 7) is 0. The number of nitrogens with zero attached hydrogens (tertiary/aromatic N) is 1. The Labute approximate surface area is 104 Å². The molecule has 2 aromatic rings. The summed E-state index contributed by atoms with van der Waals surface area (Å²) in [4.78, 5) is 1.83. The number of nitrogens with two attached hydrogens (primary N) is 1. The molecule has 0 bridgehead atoms. The summed E-state index contributed by atoms with van der Waals surface area (Å²) in [6.07, 6.45) is 0. The summed E-state index contributed by atoms with van der Waals surface area (Å²) in [6, 6.07) is 11.5. The fourth-order valence-electron chi connectivity index (χ4n) is 1.68. The van der Waals surface area contributed by atoms with E-state index in [4.69, 9.17) is 17.3 Å². The molecular weight excluding hydrogens is 239 g/mol. The molecule has 0 heterocycles. The molecule has 0 fully saturated rings. The zero-order valence-electron chi connectivity index (χ0n) is 9.32. The first-order valence-electron chi connectivity index (χ1n) is 5.13. The number of rotatable bonds is 2. The minimum Gasteiger partial charge on any atom is -0.397 e. The number of nitrogen functional groups attached to an aromatic ring is 1. The third-order valence-electron chi connectivity index (χ3n) is 2.57. The Balaban J connectivity index is 2.43. The molecular formula is C13H12ClFN2. The van der Waals surface area contributed by atoms with E-state index >= 15 is 0 Å². The van der Waals surface area contributed by atoms with Crippen LogP contribution in [0.15, 0.2) is 42.5 Å². The van der Waals surface area contributed by atoms with Gasteiger partial charge in [-0.15, -0.1) is 0 Å². The maximum absolute atomic E-state index is 12.8. The molecule has 0 spiro atoms. The third-order valence-corrected chi connectivity index (χ3v) is 2.87. The number of para-hydroxylation sites is 1. The highest BCUT2D eigenvalue weighted by Gasteiger charge is 2.11. The molecule has 0 aliphatic rings. The SMILES string of the molecule is CN(c1ccc(F)cc1)c1c(N)cccc1Cl. The lowest BCUT2D eigenvalue weighted by Crippen LogP contribution is -2.12. The van der Waals surface area contributed by atoms with E-state index in [1.165, 1.54) is 12.1 Å². The molecule has 2 N–H and O–H groups in total. The van der Waals surface area contributed by atoms with Crippen LogP contribution in [0.1, 0.15) is 0 Å². The van der Waals surface area contributed by atoms with E-state index in [0.29, 0.717) is 10.7 Å². The lowest BCUT2D eigenvalue weighted by atomic mass is 10.2. The van der Waals surface area contributed by atoms with Gasteiger partial charge in [-0.25, -0.2) is 4.39 Å². The molecule has 0 saturated carbocycles. The Bertz CT molecular complexity index is 505. The fourth-order valence-corrected chi connectivity index (χ4v) is 1.99. The normalized spacial score (nSPS) is 10.3. The molecule has 0 unspecified atom stereocenters. The average molecular weight is 251 g/mol. The van der Waals surface area contributed by atoms with Gasteiger partial charge in [-0.3, -0.25) is 0 Å². The highest BCUT2D eigenvalue weighted by atomic mass is 35.5. The van der Waals surface area contributed by atoms with E-state index in [-0.39, 0.29) is 5.82 Å². The van der Waals surface area contributed by atoms with Gasteiger partial charge in [0, 0.05) is 12.7 Å². The summed E-state index contributed by atoms with van der Waals surface area (Å²) in [5.41, 5.74) is 8.02. The Morgan fingerprint density at radius 3 is 2.35 bits per heavy atom. The number of anilines is 3. The van der Waals surface area contributed by atoms with Crippen molar-refractivity contribution in [3.63, 3.8) is 0 Å². The van der Waals surface area contributed by atoms with Gasteiger partial charge in [-0.2, -0.15) is 0 Å². The largest absolute Gasteiger partial charge is 0.397 e. The quantitative estimate of drug-likeness (QED) is 0.821. The monoisotopic (exact) mass is 250 g/mol. The molecule has 0 aromatic heterocycles. The molecule has 2 nitrogen and oxygen atoms in total. The van der Waals surface area contributed by atoms with Crippen LogP contribution in [0, 0.1) is 5.82 Å². The highest BCUT2D eigenvalue weighted by Crippen LogP contribution is 2.35. The number of hydrogen-bond acceptors (Lipinski definition) is 2. The lowest BCUT2D eigenvalue weighted by Gasteiger charge is -2.22. The minimum absolute atomic E-state index is 0.269. The van der Waals surface area contributed by atoms with E-state index in [1.807, 2.05) is 11.9 Å². The summed E-state index contributed by atoms with van der Waals surface area (Å²) in [7, 11) is 1.84. The maximum Gasteiger partial charge on any atom is 0.123 e. The van der Waals surface area contributed by atoms with Crippen LogP contribution < -0.4 is 10.6 Å². The first-order valence-corrected chi connectivity index (χ1v) is 5.50. The molecule has 0 aliphatic carbocycles. The standard InChI is InChI=1S/C13H12ClFN2/c1-17(10-7-5-9(15)6-8-10)13-11(14)3-2-4-12(13)16/h2-8H,16H2,1H3. The van der Waals surface area contributed by atoms with E-state index in [9.17, 15) is 4.39 Å². The molecule has 4 heteroatoms. The number of benzene rings is 2. The van der Waals surface area contributed by atoms with Crippen LogP contribution in [0.25, 0.3) is 0 Å². The second-order valence-corrected chi connectivity index (χ2v) is 4.12. The van der Waals surface area contributed by atoms with Crippen LogP contribution in [0.4, 0.5) is 21.5 Å². The van der Waals surface area contributed by atoms with Crippen molar-refractivity contribution in [2.75, 3.05) is 17.7 Å². The second-order valence-electron chi connectivity index (χ2n) is 3.71. The van der Waals surface area contributed by atoms with Crippen LogP contribution in [0.5, 0.6) is 0 Å². The van der Waals surface area contributed by atoms with Gasteiger partial charge >= 0.3 is 0 Å². The Hall–Kier alpha value is -1.74. The van der Waals surface area contributed by atoms with Crippen molar-refractivity contribution < 1.29 is 4.39 Å². The molecule has 2 rings (SSSR count). The van der Waals surface area contributed by atoms with E-state index in [2.05, 4.69) is 0 Å². The minimum atomic E-state index is -0.269. The van der Waals surface area contributed by atoms with Gasteiger partial charge in [0.15, 0.2) is 0 Å². The maximum atomic E-state index is 12.8.